The van der Waals surface area contributed by atoms with Gasteiger partial charge in [0, 0.05) is 19.3 Å². The number of Topliss-reactive ketones (excluding diaryl/α,β-unsaturated/α-hetero) is 1. The summed E-state index contributed by atoms with van der Waals surface area (Å²) in [4.78, 5) is 11.5. The van der Waals surface area contributed by atoms with Gasteiger partial charge in [0.1, 0.15) is 0 Å². The molecule has 1 aromatic heterocycles. The third-order valence-electron chi connectivity index (χ3n) is 2.27. The van der Waals surface area contributed by atoms with E-state index in [1.54, 1.807) is 0 Å². The number of carbonyl (C=O) groups is 1. The third-order valence-corrected chi connectivity index (χ3v) is 2.27. The van der Waals surface area contributed by atoms with Gasteiger partial charge in [-0.15, -0.1) is 0 Å². The Morgan fingerprint density at radius 2 is 2.36 bits per heavy atom. The fraction of sp³-hybridized carbons (Fsp3) is 0.600. The summed E-state index contributed by atoms with van der Waals surface area (Å²) in [7, 11) is 0. The molecule has 0 fully saturated rings. The minimum atomic E-state index is 0.154. The lowest BCUT2D eigenvalue weighted by Crippen LogP contribution is -2.29. The van der Waals surface area contributed by atoms with E-state index in [1.807, 2.05) is 10.9 Å². The topological polar surface area (TPSA) is 46.9 Å². The lowest BCUT2D eigenvalue weighted by Gasteiger charge is -2.08. The van der Waals surface area contributed by atoms with Crippen LogP contribution >= 0.6 is 0 Å². The lowest BCUT2D eigenvalue weighted by molar-refractivity contribution is 0.0982. The molecule has 0 amide bonds. The Kier molecular flexibility index (Phi) is 2.37. The summed E-state index contributed by atoms with van der Waals surface area (Å²) in [5.74, 6) is 0.709. The maximum absolute atomic E-state index is 11.5. The number of aromatic nitrogens is 2. The Hall–Kier alpha value is -1.16. The summed E-state index contributed by atoms with van der Waals surface area (Å²) < 4.78 is 1.88. The first-order chi connectivity index (χ1) is 6.66. The van der Waals surface area contributed by atoms with Gasteiger partial charge in [0.25, 0.3) is 0 Å². The van der Waals surface area contributed by atoms with Gasteiger partial charge >= 0.3 is 0 Å². The van der Waals surface area contributed by atoms with Crippen LogP contribution in [0.15, 0.2) is 6.20 Å². The summed E-state index contributed by atoms with van der Waals surface area (Å²) in [5, 5.41) is 7.41. The van der Waals surface area contributed by atoms with Crippen LogP contribution in [-0.4, -0.2) is 22.1 Å². The highest BCUT2D eigenvalue weighted by Gasteiger charge is 2.20. The fourth-order valence-electron chi connectivity index (χ4n) is 1.68. The molecule has 0 atom stereocenters. The molecule has 2 rings (SSSR count). The standard InChI is InChI=1S/C10H15N3O/c1-7(2)5-13-6-8-9(12-13)3-11-4-10(8)14/h6-7,11H,3-5H2,1-2H3. The Bertz CT molecular complexity index is 354. The van der Waals surface area contributed by atoms with E-state index in [2.05, 4.69) is 24.3 Å². The van der Waals surface area contributed by atoms with E-state index < -0.39 is 0 Å². The summed E-state index contributed by atoms with van der Waals surface area (Å²) in [6.07, 6.45) is 1.87. The van der Waals surface area contributed by atoms with E-state index in [1.165, 1.54) is 0 Å². The largest absolute Gasteiger partial charge is 0.304 e. The number of rotatable bonds is 2. The summed E-state index contributed by atoms with van der Waals surface area (Å²) in [6.45, 7) is 6.31. The molecule has 4 nitrogen and oxygen atoms in total. The van der Waals surface area contributed by atoms with Gasteiger partial charge in [0.2, 0.25) is 0 Å². The minimum absolute atomic E-state index is 0.154. The van der Waals surface area contributed by atoms with Crippen molar-refractivity contribution in [3.8, 4) is 0 Å². The second-order valence-corrected chi connectivity index (χ2v) is 4.13. The molecular weight excluding hydrogens is 178 g/mol. The van der Waals surface area contributed by atoms with Crippen molar-refractivity contribution in [1.82, 2.24) is 15.1 Å². The first-order valence-corrected chi connectivity index (χ1v) is 4.97. The van der Waals surface area contributed by atoms with Crippen LogP contribution in [0, 0.1) is 5.92 Å². The summed E-state index contributed by atoms with van der Waals surface area (Å²) in [6, 6.07) is 0. The molecular formula is C10H15N3O. The van der Waals surface area contributed by atoms with Crippen molar-refractivity contribution in [2.24, 2.45) is 5.92 Å². The Morgan fingerprint density at radius 3 is 3.00 bits per heavy atom. The van der Waals surface area contributed by atoms with Gasteiger partial charge in [-0.3, -0.25) is 9.48 Å². The van der Waals surface area contributed by atoms with Crippen LogP contribution in [0.5, 0.6) is 0 Å². The van der Waals surface area contributed by atoms with Gasteiger partial charge in [0.15, 0.2) is 5.78 Å². The number of ketones is 1. The Balaban J connectivity index is 2.26. The zero-order valence-electron chi connectivity index (χ0n) is 8.58. The molecule has 76 valence electrons. The smallest absolute Gasteiger partial charge is 0.180 e. The average Bonchev–Trinajstić information content (AvgIpc) is 2.47. The molecule has 14 heavy (non-hydrogen) atoms. The quantitative estimate of drug-likeness (QED) is 0.756. The van der Waals surface area contributed by atoms with Crippen LogP contribution in [0.4, 0.5) is 0 Å². The number of carbonyl (C=O) groups excluding carboxylic acids is 1. The number of nitrogens with one attached hydrogen (secondary N) is 1. The van der Waals surface area contributed by atoms with Crippen LogP contribution in [0.25, 0.3) is 0 Å². The number of fused-ring (bicyclic) bond motifs is 1. The second-order valence-electron chi connectivity index (χ2n) is 4.13. The van der Waals surface area contributed by atoms with Gasteiger partial charge in [-0.1, -0.05) is 13.8 Å². The van der Waals surface area contributed by atoms with E-state index >= 15 is 0 Å². The molecule has 4 heteroatoms. The number of nitrogens with zero attached hydrogens (tertiary/aromatic N) is 2. The molecule has 0 saturated carbocycles. The van der Waals surface area contributed by atoms with Gasteiger partial charge in [-0.25, -0.2) is 0 Å². The molecule has 0 radical (unpaired) electrons. The summed E-state index contributed by atoms with van der Waals surface area (Å²) in [5.41, 5.74) is 1.69. The minimum Gasteiger partial charge on any atom is -0.304 e. The molecule has 0 bridgehead atoms. The van der Waals surface area contributed by atoms with Crippen LogP contribution < -0.4 is 5.32 Å². The first-order valence-electron chi connectivity index (χ1n) is 4.97. The molecule has 0 aromatic carbocycles. The number of hydrogen-bond acceptors (Lipinski definition) is 3. The van der Waals surface area contributed by atoms with Crippen molar-refractivity contribution in [3.05, 3.63) is 17.5 Å². The van der Waals surface area contributed by atoms with Crippen LogP contribution in [0.2, 0.25) is 0 Å². The first kappa shape index (κ1) is 9.40. The number of hydrogen-bond donors (Lipinski definition) is 1. The van der Waals surface area contributed by atoms with Gasteiger partial charge < -0.3 is 5.32 Å². The van der Waals surface area contributed by atoms with Crippen LogP contribution in [0.1, 0.15) is 29.9 Å². The van der Waals surface area contributed by atoms with E-state index in [0.29, 0.717) is 19.0 Å². The van der Waals surface area contributed by atoms with Crippen LogP contribution in [-0.2, 0) is 13.1 Å². The highest BCUT2D eigenvalue weighted by atomic mass is 16.1. The molecule has 1 N–H and O–H groups in total. The molecule has 0 aliphatic carbocycles. The van der Waals surface area contributed by atoms with Crippen molar-refractivity contribution >= 4 is 5.78 Å². The van der Waals surface area contributed by atoms with E-state index in [0.717, 1.165) is 17.8 Å². The van der Waals surface area contributed by atoms with Crippen LogP contribution in [0.3, 0.4) is 0 Å². The SMILES string of the molecule is CC(C)Cn1cc2c(n1)CNCC2=O. The van der Waals surface area contributed by atoms with E-state index in [-0.39, 0.29) is 5.78 Å². The lowest BCUT2D eigenvalue weighted by atomic mass is 10.1. The van der Waals surface area contributed by atoms with Crippen molar-refractivity contribution in [3.63, 3.8) is 0 Å². The molecule has 1 aliphatic rings. The average molecular weight is 193 g/mol. The fourth-order valence-corrected chi connectivity index (χ4v) is 1.68. The van der Waals surface area contributed by atoms with Crippen molar-refractivity contribution < 1.29 is 4.79 Å². The molecule has 1 aromatic rings. The molecule has 1 aliphatic heterocycles. The zero-order chi connectivity index (χ0) is 10.1. The van der Waals surface area contributed by atoms with Crippen molar-refractivity contribution in [2.75, 3.05) is 6.54 Å². The van der Waals surface area contributed by atoms with Gasteiger partial charge in [-0.05, 0) is 5.92 Å². The van der Waals surface area contributed by atoms with Crippen molar-refractivity contribution in [1.29, 1.82) is 0 Å². The van der Waals surface area contributed by atoms with E-state index in [4.69, 9.17) is 0 Å². The monoisotopic (exact) mass is 193 g/mol. The maximum atomic E-state index is 11.5. The van der Waals surface area contributed by atoms with Gasteiger partial charge in [-0.2, -0.15) is 5.10 Å². The third kappa shape index (κ3) is 1.70. The van der Waals surface area contributed by atoms with Crippen molar-refractivity contribution in [2.45, 2.75) is 26.9 Å². The second kappa shape index (κ2) is 3.53. The molecule has 0 unspecified atom stereocenters. The van der Waals surface area contributed by atoms with Gasteiger partial charge in [0.05, 0.1) is 17.8 Å². The van der Waals surface area contributed by atoms with E-state index in [9.17, 15) is 4.79 Å². The molecule has 2 heterocycles. The Morgan fingerprint density at radius 1 is 1.57 bits per heavy atom. The molecule has 0 spiro atoms. The highest BCUT2D eigenvalue weighted by molar-refractivity contribution is 5.99. The molecule has 0 saturated heterocycles. The Labute approximate surface area is 83.3 Å². The predicted molar refractivity (Wildman–Crippen MR) is 53.1 cm³/mol. The highest BCUT2D eigenvalue weighted by Crippen LogP contribution is 2.12. The summed E-state index contributed by atoms with van der Waals surface area (Å²) >= 11 is 0. The predicted octanol–water partition coefficient (Wildman–Crippen LogP) is 0.825. The zero-order valence-corrected chi connectivity index (χ0v) is 8.58. The maximum Gasteiger partial charge on any atom is 0.180 e. The normalized spacial score (nSPS) is 16.1.